The van der Waals surface area contributed by atoms with E-state index in [0.717, 1.165) is 25.7 Å². The van der Waals surface area contributed by atoms with Gasteiger partial charge in [0.25, 0.3) is 0 Å². The van der Waals surface area contributed by atoms with Crippen LogP contribution in [0.3, 0.4) is 0 Å². The van der Waals surface area contributed by atoms with Gasteiger partial charge in [0.15, 0.2) is 0 Å². The Morgan fingerprint density at radius 1 is 1.29 bits per heavy atom. The van der Waals surface area contributed by atoms with Gasteiger partial charge in [-0.15, -0.1) is 0 Å². The van der Waals surface area contributed by atoms with Gasteiger partial charge in [-0.2, -0.15) is 0 Å². The predicted molar refractivity (Wildman–Crippen MR) is 62.5 cm³/mol. The maximum Gasteiger partial charge on any atom is 0.316 e. The summed E-state index contributed by atoms with van der Waals surface area (Å²) in [5.74, 6) is 0.0424. The van der Waals surface area contributed by atoms with Gasteiger partial charge in [0.1, 0.15) is 6.10 Å². The van der Waals surface area contributed by atoms with Gasteiger partial charge in [-0.1, -0.05) is 0 Å². The molecule has 0 saturated heterocycles. The normalized spacial score (nSPS) is 24.1. The number of aromatic nitrogens is 2. The van der Waals surface area contributed by atoms with Crippen molar-refractivity contribution in [3.05, 3.63) is 18.5 Å². The smallest absolute Gasteiger partial charge is 0.316 e. The van der Waals surface area contributed by atoms with Gasteiger partial charge >= 0.3 is 6.01 Å². The Labute approximate surface area is 101 Å². The zero-order chi connectivity index (χ0) is 12.1. The molecule has 1 fully saturated rings. The van der Waals surface area contributed by atoms with Crippen LogP contribution in [-0.2, 0) is 4.79 Å². The average molecular weight is 235 g/mol. The van der Waals surface area contributed by atoms with Crippen molar-refractivity contribution in [2.75, 3.05) is 0 Å². The molecular formula is C12H17N3O2. The summed E-state index contributed by atoms with van der Waals surface area (Å²) < 4.78 is 5.67. The third-order valence-corrected chi connectivity index (χ3v) is 2.90. The molecule has 2 rings (SSSR count). The molecule has 1 aromatic rings. The van der Waals surface area contributed by atoms with E-state index in [-0.39, 0.29) is 12.0 Å². The summed E-state index contributed by atoms with van der Waals surface area (Å²) in [6.45, 7) is 1.56. The highest BCUT2D eigenvalue weighted by Crippen LogP contribution is 2.21. The molecule has 17 heavy (non-hydrogen) atoms. The van der Waals surface area contributed by atoms with Gasteiger partial charge in [0, 0.05) is 25.4 Å². The number of nitrogens with one attached hydrogen (secondary N) is 1. The molecule has 1 aromatic heterocycles. The summed E-state index contributed by atoms with van der Waals surface area (Å²) in [5, 5.41) is 2.94. The molecule has 1 heterocycles. The molecule has 92 valence electrons. The molecule has 5 nitrogen and oxygen atoms in total. The van der Waals surface area contributed by atoms with Crippen molar-refractivity contribution in [3.63, 3.8) is 0 Å². The Hall–Kier alpha value is -1.65. The second-order valence-electron chi connectivity index (χ2n) is 4.32. The largest absolute Gasteiger partial charge is 0.460 e. The highest BCUT2D eigenvalue weighted by Gasteiger charge is 2.23. The van der Waals surface area contributed by atoms with E-state index in [1.165, 1.54) is 0 Å². The quantitative estimate of drug-likeness (QED) is 0.857. The molecule has 0 spiro atoms. The van der Waals surface area contributed by atoms with Gasteiger partial charge in [0.2, 0.25) is 5.91 Å². The number of ether oxygens (including phenoxy) is 1. The van der Waals surface area contributed by atoms with Crippen LogP contribution in [-0.4, -0.2) is 28.0 Å². The summed E-state index contributed by atoms with van der Waals surface area (Å²) >= 11 is 0. The minimum atomic E-state index is 0.0424. The van der Waals surface area contributed by atoms with E-state index in [2.05, 4.69) is 15.3 Å². The standard InChI is InChI=1S/C12H17N3O2/c1-9(16)15-10-3-5-11(6-4-10)17-12-13-7-2-8-14-12/h2,7-8,10-11H,3-6H2,1H3,(H,15,16). The van der Waals surface area contributed by atoms with Crippen molar-refractivity contribution in [2.24, 2.45) is 0 Å². The van der Waals surface area contributed by atoms with Crippen LogP contribution in [0.25, 0.3) is 0 Å². The summed E-state index contributed by atoms with van der Waals surface area (Å²) in [5.41, 5.74) is 0. The molecule has 1 amide bonds. The van der Waals surface area contributed by atoms with E-state index in [9.17, 15) is 4.79 Å². The molecule has 1 N–H and O–H groups in total. The average Bonchev–Trinajstić information content (AvgIpc) is 2.32. The Balaban J connectivity index is 1.78. The van der Waals surface area contributed by atoms with E-state index in [0.29, 0.717) is 12.1 Å². The van der Waals surface area contributed by atoms with Gasteiger partial charge in [-0.3, -0.25) is 4.79 Å². The van der Waals surface area contributed by atoms with Crippen LogP contribution in [0.15, 0.2) is 18.5 Å². The summed E-state index contributed by atoms with van der Waals surface area (Å²) in [7, 11) is 0. The van der Waals surface area contributed by atoms with Crippen LogP contribution in [0.4, 0.5) is 0 Å². The van der Waals surface area contributed by atoms with Crippen LogP contribution in [0.2, 0.25) is 0 Å². The van der Waals surface area contributed by atoms with Crippen LogP contribution in [0.5, 0.6) is 6.01 Å². The first-order valence-corrected chi connectivity index (χ1v) is 5.95. The first kappa shape index (κ1) is 11.8. The van der Waals surface area contributed by atoms with E-state index in [1.807, 2.05) is 0 Å². The van der Waals surface area contributed by atoms with Crippen molar-refractivity contribution in [3.8, 4) is 6.01 Å². The first-order chi connectivity index (χ1) is 8.24. The third-order valence-electron chi connectivity index (χ3n) is 2.90. The lowest BCUT2D eigenvalue weighted by Gasteiger charge is -2.28. The highest BCUT2D eigenvalue weighted by molar-refractivity contribution is 5.73. The SMILES string of the molecule is CC(=O)NC1CCC(Oc2ncccn2)CC1. The molecule has 0 aromatic carbocycles. The van der Waals surface area contributed by atoms with Crippen LogP contribution >= 0.6 is 0 Å². The molecular weight excluding hydrogens is 218 g/mol. The molecule has 0 radical (unpaired) electrons. The number of amides is 1. The van der Waals surface area contributed by atoms with Crippen molar-refractivity contribution in [1.29, 1.82) is 0 Å². The summed E-state index contributed by atoms with van der Waals surface area (Å²) in [6, 6.07) is 2.50. The number of carbonyl (C=O) groups excluding carboxylic acids is 1. The van der Waals surface area contributed by atoms with Crippen molar-refractivity contribution >= 4 is 5.91 Å². The van der Waals surface area contributed by atoms with E-state index >= 15 is 0 Å². The van der Waals surface area contributed by atoms with Gasteiger partial charge < -0.3 is 10.1 Å². The van der Waals surface area contributed by atoms with Crippen molar-refractivity contribution < 1.29 is 9.53 Å². The number of hydrogen-bond donors (Lipinski definition) is 1. The van der Waals surface area contributed by atoms with Crippen LogP contribution in [0.1, 0.15) is 32.6 Å². The van der Waals surface area contributed by atoms with Crippen molar-refractivity contribution in [1.82, 2.24) is 15.3 Å². The number of hydrogen-bond acceptors (Lipinski definition) is 4. The van der Waals surface area contributed by atoms with Gasteiger partial charge in [-0.05, 0) is 31.7 Å². The molecule has 0 atom stereocenters. The minimum Gasteiger partial charge on any atom is -0.460 e. The molecule has 1 aliphatic rings. The lowest BCUT2D eigenvalue weighted by atomic mass is 9.93. The molecule has 0 bridgehead atoms. The van der Waals surface area contributed by atoms with E-state index in [1.54, 1.807) is 25.4 Å². The second kappa shape index (κ2) is 5.61. The maximum absolute atomic E-state index is 10.9. The number of carbonyl (C=O) groups is 1. The zero-order valence-electron chi connectivity index (χ0n) is 9.93. The predicted octanol–water partition coefficient (Wildman–Crippen LogP) is 1.30. The zero-order valence-corrected chi connectivity index (χ0v) is 9.93. The fourth-order valence-corrected chi connectivity index (χ4v) is 2.11. The lowest BCUT2D eigenvalue weighted by molar-refractivity contribution is -0.120. The second-order valence-corrected chi connectivity index (χ2v) is 4.32. The van der Waals surface area contributed by atoms with Gasteiger partial charge in [-0.25, -0.2) is 9.97 Å². The Morgan fingerprint density at radius 3 is 2.53 bits per heavy atom. The Bertz CT molecular complexity index is 361. The fourth-order valence-electron chi connectivity index (χ4n) is 2.11. The first-order valence-electron chi connectivity index (χ1n) is 5.95. The van der Waals surface area contributed by atoms with E-state index < -0.39 is 0 Å². The lowest BCUT2D eigenvalue weighted by Crippen LogP contribution is -2.38. The monoisotopic (exact) mass is 235 g/mol. The van der Waals surface area contributed by atoms with E-state index in [4.69, 9.17) is 4.74 Å². The summed E-state index contributed by atoms with van der Waals surface area (Å²) in [6.07, 6.45) is 7.29. The summed E-state index contributed by atoms with van der Waals surface area (Å²) in [4.78, 5) is 19.0. The molecule has 1 saturated carbocycles. The van der Waals surface area contributed by atoms with Crippen molar-refractivity contribution in [2.45, 2.75) is 44.8 Å². The fraction of sp³-hybridized carbons (Fsp3) is 0.583. The Morgan fingerprint density at radius 2 is 1.94 bits per heavy atom. The topological polar surface area (TPSA) is 64.1 Å². The molecule has 1 aliphatic carbocycles. The number of rotatable bonds is 3. The van der Waals surface area contributed by atoms with Crippen LogP contribution < -0.4 is 10.1 Å². The van der Waals surface area contributed by atoms with Crippen LogP contribution in [0, 0.1) is 0 Å². The maximum atomic E-state index is 10.9. The van der Waals surface area contributed by atoms with Gasteiger partial charge in [0.05, 0.1) is 0 Å². The highest BCUT2D eigenvalue weighted by atomic mass is 16.5. The third kappa shape index (κ3) is 3.69. The number of nitrogens with zero attached hydrogens (tertiary/aromatic N) is 2. The molecule has 0 aliphatic heterocycles. The molecule has 0 unspecified atom stereocenters. The minimum absolute atomic E-state index is 0.0424. The molecule has 5 heteroatoms. The Kier molecular flexibility index (Phi) is 3.90.